The minimum atomic E-state index is -4.45. The van der Waals surface area contributed by atoms with Crippen LogP contribution >= 0.6 is 0 Å². The van der Waals surface area contributed by atoms with Crippen LogP contribution in [0.4, 0.5) is 13.2 Å². The van der Waals surface area contributed by atoms with Gasteiger partial charge >= 0.3 is 6.18 Å². The lowest BCUT2D eigenvalue weighted by atomic mass is 9.78. The van der Waals surface area contributed by atoms with E-state index in [2.05, 4.69) is 0 Å². The van der Waals surface area contributed by atoms with Gasteiger partial charge in [-0.25, -0.2) is 0 Å². The first-order valence-electron chi connectivity index (χ1n) is 5.21. The van der Waals surface area contributed by atoms with Crippen LogP contribution in [0.1, 0.15) is 11.1 Å². The second kappa shape index (κ2) is 4.24. The summed E-state index contributed by atoms with van der Waals surface area (Å²) in [4.78, 5) is 10.1. The van der Waals surface area contributed by atoms with Gasteiger partial charge in [0, 0.05) is 4.92 Å². The lowest BCUT2D eigenvalue weighted by molar-refractivity contribution is -0.498. The largest absolute Gasteiger partial charge is 0.416 e. The van der Waals surface area contributed by atoms with Crippen molar-refractivity contribution in [2.24, 2.45) is 0 Å². The zero-order chi connectivity index (χ0) is 13.4. The third-order valence-corrected chi connectivity index (χ3v) is 2.99. The molecular formula is C11H10F3NO3. The van der Waals surface area contributed by atoms with Crippen molar-refractivity contribution >= 4 is 0 Å². The van der Waals surface area contributed by atoms with Crippen molar-refractivity contribution in [2.45, 2.75) is 11.6 Å². The Morgan fingerprint density at radius 3 is 2.50 bits per heavy atom. The van der Waals surface area contributed by atoms with Crippen LogP contribution in [-0.4, -0.2) is 24.7 Å². The normalized spacial score (nSPS) is 18.2. The number of ether oxygens (including phenoxy) is 1. The molecule has 18 heavy (non-hydrogen) atoms. The van der Waals surface area contributed by atoms with Gasteiger partial charge in [-0.05, 0) is 11.6 Å². The molecule has 0 aliphatic carbocycles. The van der Waals surface area contributed by atoms with Crippen molar-refractivity contribution in [2.75, 3.05) is 19.8 Å². The minimum Gasteiger partial charge on any atom is -0.379 e. The molecule has 0 radical (unpaired) electrons. The second-order valence-electron chi connectivity index (χ2n) is 4.34. The fraction of sp³-hybridized carbons (Fsp3) is 0.455. The summed E-state index contributed by atoms with van der Waals surface area (Å²) in [6, 6.07) is 4.65. The van der Waals surface area contributed by atoms with Crippen molar-refractivity contribution < 1.29 is 22.8 Å². The topological polar surface area (TPSA) is 52.4 Å². The maximum Gasteiger partial charge on any atom is 0.416 e. The number of hydrogen-bond acceptors (Lipinski definition) is 3. The zero-order valence-electron chi connectivity index (χ0n) is 9.24. The zero-order valence-corrected chi connectivity index (χ0v) is 9.24. The van der Waals surface area contributed by atoms with Crippen LogP contribution in [-0.2, 0) is 16.3 Å². The third kappa shape index (κ3) is 2.31. The maximum absolute atomic E-state index is 12.6. The maximum atomic E-state index is 12.6. The molecule has 0 spiro atoms. The molecule has 7 heteroatoms. The van der Waals surface area contributed by atoms with Crippen LogP contribution in [0.25, 0.3) is 0 Å². The molecule has 1 aliphatic rings. The van der Waals surface area contributed by atoms with Crippen molar-refractivity contribution in [1.29, 1.82) is 0 Å². The van der Waals surface area contributed by atoms with Crippen LogP contribution in [0.3, 0.4) is 0 Å². The van der Waals surface area contributed by atoms with Gasteiger partial charge in [-0.2, -0.15) is 13.2 Å². The molecular weight excluding hydrogens is 251 g/mol. The SMILES string of the molecule is O=[N+]([O-])CC1(c2cccc(C(F)(F)F)c2)COC1. The van der Waals surface area contributed by atoms with Gasteiger partial charge in [0.05, 0.1) is 18.8 Å². The molecule has 98 valence electrons. The van der Waals surface area contributed by atoms with E-state index in [0.717, 1.165) is 12.1 Å². The molecule has 0 saturated carbocycles. The minimum absolute atomic E-state index is 0.0787. The van der Waals surface area contributed by atoms with Gasteiger partial charge in [0.2, 0.25) is 6.54 Å². The summed E-state index contributed by atoms with van der Waals surface area (Å²) in [5.74, 6) is 0. The highest BCUT2D eigenvalue weighted by molar-refractivity contribution is 5.33. The molecule has 0 bridgehead atoms. The third-order valence-electron chi connectivity index (χ3n) is 2.99. The van der Waals surface area contributed by atoms with E-state index >= 15 is 0 Å². The highest BCUT2D eigenvalue weighted by atomic mass is 19.4. The number of rotatable bonds is 3. The molecule has 1 aliphatic heterocycles. The molecule has 1 saturated heterocycles. The number of nitrogens with zero attached hydrogens (tertiary/aromatic N) is 1. The molecule has 2 rings (SSSR count). The van der Waals surface area contributed by atoms with Gasteiger partial charge in [-0.3, -0.25) is 10.1 Å². The van der Waals surface area contributed by atoms with E-state index < -0.39 is 28.6 Å². The van der Waals surface area contributed by atoms with Crippen LogP contribution < -0.4 is 0 Å². The summed E-state index contributed by atoms with van der Waals surface area (Å²) >= 11 is 0. The number of nitro groups is 1. The van der Waals surface area contributed by atoms with Crippen molar-refractivity contribution in [1.82, 2.24) is 0 Å². The van der Waals surface area contributed by atoms with E-state index in [1.165, 1.54) is 12.1 Å². The number of halogens is 3. The van der Waals surface area contributed by atoms with Crippen LogP contribution in [0.5, 0.6) is 0 Å². The molecule has 1 fully saturated rings. The van der Waals surface area contributed by atoms with Gasteiger partial charge < -0.3 is 4.74 Å². The van der Waals surface area contributed by atoms with E-state index in [1.807, 2.05) is 0 Å². The molecule has 1 aromatic rings. The van der Waals surface area contributed by atoms with Gasteiger partial charge in [0.15, 0.2) is 0 Å². The summed E-state index contributed by atoms with van der Waals surface area (Å²) in [7, 11) is 0. The monoisotopic (exact) mass is 261 g/mol. The summed E-state index contributed by atoms with van der Waals surface area (Å²) in [6.07, 6.45) is -4.45. The highest BCUT2D eigenvalue weighted by Crippen LogP contribution is 2.36. The fourth-order valence-corrected chi connectivity index (χ4v) is 1.97. The van der Waals surface area contributed by atoms with E-state index in [-0.39, 0.29) is 13.2 Å². The van der Waals surface area contributed by atoms with Gasteiger partial charge in [0.1, 0.15) is 5.41 Å². The summed E-state index contributed by atoms with van der Waals surface area (Å²) in [5.41, 5.74) is -1.42. The van der Waals surface area contributed by atoms with Gasteiger partial charge in [0.25, 0.3) is 0 Å². The molecule has 1 heterocycles. The van der Waals surface area contributed by atoms with E-state index in [4.69, 9.17) is 4.74 Å². The summed E-state index contributed by atoms with van der Waals surface area (Å²) in [6.45, 7) is -0.265. The van der Waals surface area contributed by atoms with Crippen LogP contribution in [0, 0.1) is 10.1 Å². The Hall–Kier alpha value is -1.63. The van der Waals surface area contributed by atoms with Gasteiger partial charge in [-0.1, -0.05) is 18.2 Å². The Kier molecular flexibility index (Phi) is 3.02. The molecule has 0 amide bonds. The average Bonchev–Trinajstić information content (AvgIpc) is 2.22. The Labute approximate surface area is 101 Å². The Morgan fingerprint density at radius 1 is 1.39 bits per heavy atom. The molecule has 0 unspecified atom stereocenters. The van der Waals surface area contributed by atoms with Crippen molar-refractivity contribution in [3.8, 4) is 0 Å². The molecule has 0 aromatic heterocycles. The number of benzene rings is 1. The Balaban J connectivity index is 2.35. The van der Waals surface area contributed by atoms with E-state index in [1.54, 1.807) is 0 Å². The second-order valence-corrected chi connectivity index (χ2v) is 4.34. The summed E-state index contributed by atoms with van der Waals surface area (Å²) < 4.78 is 42.7. The van der Waals surface area contributed by atoms with Crippen molar-refractivity contribution in [3.63, 3.8) is 0 Å². The quantitative estimate of drug-likeness (QED) is 0.619. The number of alkyl halides is 3. The fourth-order valence-electron chi connectivity index (χ4n) is 1.97. The van der Waals surface area contributed by atoms with Crippen LogP contribution in [0.2, 0.25) is 0 Å². The highest BCUT2D eigenvalue weighted by Gasteiger charge is 2.46. The first-order chi connectivity index (χ1) is 8.33. The lowest BCUT2D eigenvalue weighted by Crippen LogP contribution is -2.51. The Bertz CT molecular complexity index is 469. The first-order valence-corrected chi connectivity index (χ1v) is 5.21. The van der Waals surface area contributed by atoms with Crippen molar-refractivity contribution in [3.05, 3.63) is 45.5 Å². The number of hydrogen-bond donors (Lipinski definition) is 0. The van der Waals surface area contributed by atoms with E-state index in [9.17, 15) is 23.3 Å². The van der Waals surface area contributed by atoms with Gasteiger partial charge in [-0.15, -0.1) is 0 Å². The molecule has 0 N–H and O–H groups in total. The molecule has 0 atom stereocenters. The average molecular weight is 261 g/mol. The predicted molar refractivity (Wildman–Crippen MR) is 55.8 cm³/mol. The van der Waals surface area contributed by atoms with E-state index in [0.29, 0.717) is 5.56 Å². The standard InChI is InChI=1S/C11H10F3NO3/c12-11(13,14)9-3-1-2-8(4-9)10(5-15(16)17)6-18-7-10/h1-4H,5-7H2. The summed E-state index contributed by atoms with van der Waals surface area (Å²) in [5, 5.41) is 10.6. The lowest BCUT2D eigenvalue weighted by Gasteiger charge is -2.38. The van der Waals surface area contributed by atoms with Crippen LogP contribution in [0.15, 0.2) is 24.3 Å². The molecule has 1 aromatic carbocycles. The Morgan fingerprint density at radius 2 is 2.06 bits per heavy atom. The predicted octanol–water partition coefficient (Wildman–Crippen LogP) is 2.25. The molecule has 4 nitrogen and oxygen atoms in total. The smallest absolute Gasteiger partial charge is 0.379 e. The first kappa shape index (κ1) is 12.8.